The summed E-state index contributed by atoms with van der Waals surface area (Å²) in [5.41, 5.74) is -0.534. The van der Waals surface area contributed by atoms with Crippen molar-refractivity contribution in [3.8, 4) is 0 Å². The number of nitro benzene ring substituents is 1. The van der Waals surface area contributed by atoms with Gasteiger partial charge in [-0.3, -0.25) is 14.9 Å². The molecule has 122 valence electrons. The van der Waals surface area contributed by atoms with Crippen LogP contribution in [0, 0.1) is 20.9 Å². The van der Waals surface area contributed by atoms with E-state index in [0.29, 0.717) is 29.8 Å². The van der Waals surface area contributed by atoms with Gasteiger partial charge in [-0.1, -0.05) is 13.8 Å². The average molecular weight is 318 g/mol. The molecule has 0 spiro atoms. The van der Waals surface area contributed by atoms with Crippen molar-refractivity contribution in [3.63, 3.8) is 0 Å². The number of hydrogen-bond acceptors (Lipinski definition) is 5. The molecular weight excluding hydrogens is 300 g/mol. The number of hydrogen-bond donors (Lipinski definition) is 1. The maximum Gasteiger partial charge on any atom is 0.309 e. The number of nitrogens with zero attached hydrogens (tertiary/aromatic N) is 2. The largest absolute Gasteiger partial charge is 0.481 e. The van der Waals surface area contributed by atoms with Gasteiger partial charge in [-0.25, -0.2) is 4.98 Å². The molecule has 0 aliphatic heterocycles. The fourth-order valence-corrected chi connectivity index (χ4v) is 3.51. The van der Waals surface area contributed by atoms with Crippen molar-refractivity contribution in [2.45, 2.75) is 39.5 Å². The molecule has 0 unspecified atom stereocenters. The zero-order chi connectivity index (χ0) is 17.0. The van der Waals surface area contributed by atoms with E-state index in [2.05, 4.69) is 4.98 Å². The van der Waals surface area contributed by atoms with Crippen molar-refractivity contribution < 1.29 is 19.2 Å². The van der Waals surface area contributed by atoms with Gasteiger partial charge in [0, 0.05) is 18.1 Å². The van der Waals surface area contributed by atoms with Crippen LogP contribution in [0.5, 0.6) is 0 Å². The number of oxazole rings is 1. The Morgan fingerprint density at radius 3 is 2.70 bits per heavy atom. The second kappa shape index (κ2) is 4.78. The molecule has 0 bridgehead atoms. The van der Waals surface area contributed by atoms with Gasteiger partial charge in [0.1, 0.15) is 5.52 Å². The molecule has 0 amide bonds. The third-order valence-corrected chi connectivity index (χ3v) is 5.59. The molecule has 7 nitrogen and oxygen atoms in total. The fraction of sp³-hybridized carbons (Fsp3) is 0.500. The SMILES string of the molecule is CC1(C)[C@@H](c2nc3cc([N+](=O)[O-])ccc3o2)CC[C@@]1(C)C(=O)O. The lowest BCUT2D eigenvalue weighted by Crippen LogP contribution is -2.40. The Bertz CT molecular complexity index is 810. The number of rotatable bonds is 3. The van der Waals surface area contributed by atoms with Crippen LogP contribution in [0.4, 0.5) is 5.69 Å². The van der Waals surface area contributed by atoms with Crippen LogP contribution in [-0.2, 0) is 4.79 Å². The number of carboxylic acids is 1. The summed E-state index contributed by atoms with van der Waals surface area (Å²) >= 11 is 0. The van der Waals surface area contributed by atoms with E-state index >= 15 is 0 Å². The monoisotopic (exact) mass is 318 g/mol. The minimum Gasteiger partial charge on any atom is -0.481 e. The summed E-state index contributed by atoms with van der Waals surface area (Å²) in [7, 11) is 0. The van der Waals surface area contributed by atoms with Crippen molar-refractivity contribution in [1.82, 2.24) is 4.98 Å². The minimum atomic E-state index is -0.857. The van der Waals surface area contributed by atoms with E-state index in [9.17, 15) is 20.0 Å². The molecule has 7 heteroatoms. The summed E-state index contributed by atoms with van der Waals surface area (Å²) in [6.45, 7) is 5.58. The van der Waals surface area contributed by atoms with Crippen LogP contribution in [0.1, 0.15) is 45.4 Å². The number of fused-ring (bicyclic) bond motifs is 1. The third-order valence-electron chi connectivity index (χ3n) is 5.59. The number of carbonyl (C=O) groups is 1. The van der Waals surface area contributed by atoms with Crippen LogP contribution in [0.2, 0.25) is 0 Å². The number of non-ortho nitro benzene ring substituents is 1. The van der Waals surface area contributed by atoms with E-state index in [0.717, 1.165) is 0 Å². The summed E-state index contributed by atoms with van der Waals surface area (Å²) in [5, 5.41) is 20.4. The van der Waals surface area contributed by atoms with Crippen molar-refractivity contribution in [2.75, 3.05) is 0 Å². The van der Waals surface area contributed by atoms with Gasteiger partial charge in [0.25, 0.3) is 5.69 Å². The Morgan fingerprint density at radius 1 is 1.43 bits per heavy atom. The highest BCUT2D eigenvalue weighted by molar-refractivity contribution is 5.77. The van der Waals surface area contributed by atoms with Gasteiger partial charge < -0.3 is 9.52 Å². The Labute approximate surface area is 132 Å². The fourth-order valence-electron chi connectivity index (χ4n) is 3.51. The van der Waals surface area contributed by atoms with Gasteiger partial charge in [0.15, 0.2) is 11.5 Å². The van der Waals surface area contributed by atoms with Gasteiger partial charge in [-0.05, 0) is 31.2 Å². The zero-order valence-electron chi connectivity index (χ0n) is 13.2. The van der Waals surface area contributed by atoms with Crippen LogP contribution in [0.15, 0.2) is 22.6 Å². The lowest BCUT2D eigenvalue weighted by Gasteiger charge is -2.37. The first-order valence-electron chi connectivity index (χ1n) is 7.45. The highest BCUT2D eigenvalue weighted by Crippen LogP contribution is 2.59. The summed E-state index contributed by atoms with van der Waals surface area (Å²) in [5.74, 6) is -0.512. The number of aromatic nitrogens is 1. The maximum absolute atomic E-state index is 11.7. The van der Waals surface area contributed by atoms with Crippen molar-refractivity contribution in [1.29, 1.82) is 0 Å². The van der Waals surface area contributed by atoms with Crippen molar-refractivity contribution in [3.05, 3.63) is 34.2 Å². The van der Waals surface area contributed by atoms with Crippen molar-refractivity contribution >= 4 is 22.8 Å². The zero-order valence-corrected chi connectivity index (χ0v) is 13.2. The highest BCUT2D eigenvalue weighted by atomic mass is 16.6. The van der Waals surface area contributed by atoms with Gasteiger partial charge in [0.2, 0.25) is 0 Å². The third kappa shape index (κ3) is 2.10. The topological polar surface area (TPSA) is 106 Å². The molecule has 1 N–H and O–H groups in total. The molecule has 1 saturated carbocycles. The maximum atomic E-state index is 11.7. The van der Waals surface area contributed by atoms with E-state index in [1.54, 1.807) is 6.92 Å². The molecule has 1 aromatic heterocycles. The van der Waals surface area contributed by atoms with Crippen LogP contribution >= 0.6 is 0 Å². The molecule has 2 aromatic rings. The number of aliphatic carboxylic acids is 1. The highest BCUT2D eigenvalue weighted by Gasteiger charge is 2.58. The van der Waals surface area contributed by atoms with Crippen LogP contribution in [0.25, 0.3) is 11.1 Å². The van der Waals surface area contributed by atoms with E-state index in [1.807, 2.05) is 13.8 Å². The van der Waals surface area contributed by atoms with Crippen LogP contribution in [0.3, 0.4) is 0 Å². The first-order chi connectivity index (χ1) is 10.7. The molecule has 1 aromatic carbocycles. The number of carboxylic acid groups (broad SMARTS) is 1. The number of nitro groups is 1. The second-order valence-electron chi connectivity index (χ2n) is 6.91. The van der Waals surface area contributed by atoms with E-state index in [-0.39, 0.29) is 11.6 Å². The second-order valence-corrected chi connectivity index (χ2v) is 6.91. The Balaban J connectivity index is 2.04. The molecule has 0 saturated heterocycles. The van der Waals surface area contributed by atoms with Gasteiger partial charge in [0.05, 0.1) is 10.3 Å². The van der Waals surface area contributed by atoms with Crippen LogP contribution in [-0.4, -0.2) is 21.0 Å². The summed E-state index contributed by atoms with van der Waals surface area (Å²) in [6.07, 6.45) is 1.20. The molecular formula is C16H18N2O5. The molecule has 23 heavy (non-hydrogen) atoms. The van der Waals surface area contributed by atoms with E-state index in [1.165, 1.54) is 18.2 Å². The first-order valence-corrected chi connectivity index (χ1v) is 7.45. The average Bonchev–Trinajstić information content (AvgIpc) is 2.98. The lowest BCUT2D eigenvalue weighted by atomic mass is 9.66. The summed E-state index contributed by atoms with van der Waals surface area (Å²) < 4.78 is 5.77. The molecule has 2 atom stereocenters. The van der Waals surface area contributed by atoms with E-state index in [4.69, 9.17) is 4.42 Å². The first kappa shape index (κ1) is 15.5. The standard InChI is InChI=1S/C16H18N2O5/c1-15(2)10(6-7-16(15,3)14(19)20)13-17-11-8-9(18(21)22)4-5-12(11)23-13/h4-5,8,10H,6-7H2,1-3H3,(H,19,20)/t10-,16+/m1/s1. The minimum absolute atomic E-state index is 0.0431. The number of benzene rings is 1. The molecule has 1 heterocycles. The molecule has 1 aliphatic rings. The summed E-state index contributed by atoms with van der Waals surface area (Å²) in [4.78, 5) is 26.5. The van der Waals surface area contributed by atoms with Gasteiger partial charge >= 0.3 is 5.97 Å². The quantitative estimate of drug-likeness (QED) is 0.682. The predicted octanol–water partition coefficient (Wildman–Crippen LogP) is 3.73. The van der Waals surface area contributed by atoms with E-state index < -0.39 is 21.7 Å². The Hall–Kier alpha value is -2.44. The molecule has 3 rings (SSSR count). The Morgan fingerprint density at radius 2 is 2.13 bits per heavy atom. The predicted molar refractivity (Wildman–Crippen MR) is 82.2 cm³/mol. The molecule has 0 radical (unpaired) electrons. The summed E-state index contributed by atoms with van der Waals surface area (Å²) in [6, 6.07) is 4.28. The van der Waals surface area contributed by atoms with Gasteiger partial charge in [-0.2, -0.15) is 0 Å². The van der Waals surface area contributed by atoms with Gasteiger partial charge in [-0.15, -0.1) is 0 Å². The Kier molecular flexibility index (Phi) is 3.21. The smallest absolute Gasteiger partial charge is 0.309 e. The lowest BCUT2D eigenvalue weighted by molar-refractivity contribution is -0.384. The normalized spacial score (nSPS) is 26.5. The molecule has 1 aliphatic carbocycles. The van der Waals surface area contributed by atoms with Crippen LogP contribution < -0.4 is 0 Å². The van der Waals surface area contributed by atoms with Crippen molar-refractivity contribution in [2.24, 2.45) is 10.8 Å². The molecule has 1 fully saturated rings.